The quantitative estimate of drug-likeness (QED) is 0.656. The second-order valence-electron chi connectivity index (χ2n) is 7.56. The molecule has 3 aromatic rings. The fraction of sp³-hybridized carbons (Fsp3) is 0.304. The number of fused-ring (bicyclic) bond motifs is 1. The van der Waals surface area contributed by atoms with E-state index in [4.69, 9.17) is 4.42 Å². The molecule has 4 rings (SSSR count). The Labute approximate surface area is 174 Å². The zero-order valence-corrected chi connectivity index (χ0v) is 17.2. The summed E-state index contributed by atoms with van der Waals surface area (Å²) >= 11 is 1.56. The Morgan fingerprint density at radius 2 is 2.17 bits per heavy atom. The summed E-state index contributed by atoms with van der Waals surface area (Å²) in [6, 6.07) is 16.0. The molecule has 2 heterocycles. The van der Waals surface area contributed by atoms with Crippen molar-refractivity contribution in [3.05, 3.63) is 76.1 Å². The maximum absolute atomic E-state index is 12.7. The molecule has 0 radical (unpaired) electrons. The first kappa shape index (κ1) is 19.4. The molecule has 0 bridgehead atoms. The molecule has 1 amide bonds. The molecule has 148 valence electrons. The molecule has 0 unspecified atom stereocenters. The van der Waals surface area contributed by atoms with Gasteiger partial charge < -0.3 is 15.1 Å². The summed E-state index contributed by atoms with van der Waals surface area (Å²) < 4.78 is 5.60. The van der Waals surface area contributed by atoms with E-state index in [1.165, 1.54) is 4.88 Å². The van der Waals surface area contributed by atoms with Crippen LogP contribution < -0.4 is 10.6 Å². The number of nitrogens with one attached hydrogen (secondary N) is 1. The third-order valence-corrected chi connectivity index (χ3v) is 6.59. The van der Waals surface area contributed by atoms with Crippen molar-refractivity contribution in [2.75, 3.05) is 11.9 Å². The number of amides is 1. The summed E-state index contributed by atoms with van der Waals surface area (Å²) in [7, 11) is 0. The lowest BCUT2D eigenvalue weighted by molar-refractivity contribution is -0.678. The maximum Gasteiger partial charge on any atom is 0.280 e. The van der Waals surface area contributed by atoms with E-state index >= 15 is 0 Å². The van der Waals surface area contributed by atoms with E-state index in [9.17, 15) is 10.1 Å². The van der Waals surface area contributed by atoms with Gasteiger partial charge in [0.25, 0.3) is 5.91 Å². The minimum atomic E-state index is -0.111. The average molecular weight is 407 g/mol. The summed E-state index contributed by atoms with van der Waals surface area (Å²) in [5.41, 5.74) is 2.86. The molecule has 2 atom stereocenters. The number of hydrogen-bond donors (Lipinski definition) is 2. The standard InChI is InChI=1S/C23H23N3O2S/c1-15-9-10-17-18(13-24)23(29-20(17)12-15)26-21(27)14-25-22(19-8-5-11-28-19)16-6-3-2-4-7-16/h2-8,11,15,22,25H,9-10,12,14H2,1H3,(H,26,27)/p+1/t15-,22-/m1/s1. The van der Waals surface area contributed by atoms with Crippen LogP contribution in [0, 0.1) is 17.2 Å². The van der Waals surface area contributed by atoms with Crippen LogP contribution >= 0.6 is 11.3 Å². The van der Waals surface area contributed by atoms with Crippen LogP contribution in [-0.2, 0) is 17.6 Å². The molecule has 0 saturated heterocycles. The summed E-state index contributed by atoms with van der Waals surface area (Å²) in [6.07, 6.45) is 4.66. The van der Waals surface area contributed by atoms with Gasteiger partial charge >= 0.3 is 0 Å². The lowest BCUT2D eigenvalue weighted by Crippen LogP contribution is -2.87. The lowest BCUT2D eigenvalue weighted by Gasteiger charge is -2.17. The molecule has 0 saturated carbocycles. The Morgan fingerprint density at radius 3 is 2.90 bits per heavy atom. The van der Waals surface area contributed by atoms with Crippen LogP contribution in [-0.4, -0.2) is 12.5 Å². The second kappa shape index (κ2) is 8.64. The van der Waals surface area contributed by atoms with Crippen molar-refractivity contribution in [1.82, 2.24) is 0 Å². The summed E-state index contributed by atoms with van der Waals surface area (Å²) in [4.78, 5) is 13.9. The fourth-order valence-corrected chi connectivity index (χ4v) is 5.28. The average Bonchev–Trinajstić information content (AvgIpc) is 3.36. The van der Waals surface area contributed by atoms with E-state index in [1.54, 1.807) is 17.6 Å². The van der Waals surface area contributed by atoms with Crippen LogP contribution in [0.3, 0.4) is 0 Å². The zero-order chi connectivity index (χ0) is 20.2. The van der Waals surface area contributed by atoms with Gasteiger partial charge in [-0.1, -0.05) is 37.3 Å². The first-order valence-electron chi connectivity index (χ1n) is 9.92. The number of carbonyl (C=O) groups is 1. The van der Waals surface area contributed by atoms with Gasteiger partial charge in [-0.05, 0) is 42.9 Å². The van der Waals surface area contributed by atoms with Crippen molar-refractivity contribution in [2.24, 2.45) is 5.92 Å². The highest BCUT2D eigenvalue weighted by atomic mass is 32.1. The Morgan fingerprint density at radius 1 is 1.34 bits per heavy atom. The lowest BCUT2D eigenvalue weighted by atomic mass is 9.89. The number of hydrogen-bond acceptors (Lipinski definition) is 4. The maximum atomic E-state index is 12.7. The van der Waals surface area contributed by atoms with Gasteiger partial charge in [-0.25, -0.2) is 0 Å². The number of nitrogens with zero attached hydrogens (tertiary/aromatic N) is 1. The Hall–Kier alpha value is -2.88. The first-order valence-corrected chi connectivity index (χ1v) is 10.7. The smallest absolute Gasteiger partial charge is 0.280 e. The summed E-state index contributed by atoms with van der Waals surface area (Å²) in [5, 5.41) is 15.3. The molecule has 1 aliphatic carbocycles. The van der Waals surface area contributed by atoms with Gasteiger partial charge in [0.15, 0.2) is 18.3 Å². The minimum absolute atomic E-state index is 0.0928. The summed E-state index contributed by atoms with van der Waals surface area (Å²) in [6.45, 7) is 2.48. The van der Waals surface area contributed by atoms with Crippen LogP contribution in [0.1, 0.15) is 46.7 Å². The highest BCUT2D eigenvalue weighted by Crippen LogP contribution is 2.39. The first-order chi connectivity index (χ1) is 14.2. The Balaban J connectivity index is 1.47. The van der Waals surface area contributed by atoms with Crippen molar-refractivity contribution in [2.45, 2.75) is 32.2 Å². The van der Waals surface area contributed by atoms with E-state index in [0.717, 1.165) is 36.1 Å². The SMILES string of the molecule is C[C@@H]1CCc2c(sc(NC(=O)C[NH2+][C@H](c3ccccc3)c3ccco3)c2C#N)C1. The highest BCUT2D eigenvalue weighted by molar-refractivity contribution is 7.16. The number of nitrogens with two attached hydrogens (primary N) is 1. The summed E-state index contributed by atoms with van der Waals surface area (Å²) in [5.74, 6) is 1.33. The largest absolute Gasteiger partial charge is 0.463 e. The van der Waals surface area contributed by atoms with Crippen molar-refractivity contribution in [3.8, 4) is 6.07 Å². The van der Waals surface area contributed by atoms with Crippen molar-refractivity contribution < 1.29 is 14.5 Å². The van der Waals surface area contributed by atoms with Gasteiger partial charge in [-0.15, -0.1) is 11.3 Å². The third kappa shape index (κ3) is 4.26. The Bertz CT molecular complexity index is 1020. The molecule has 5 nitrogen and oxygen atoms in total. The van der Waals surface area contributed by atoms with Crippen LogP contribution in [0.4, 0.5) is 5.00 Å². The molecule has 0 aliphatic heterocycles. The zero-order valence-electron chi connectivity index (χ0n) is 16.4. The molecule has 1 aromatic carbocycles. The number of furan rings is 1. The van der Waals surface area contributed by atoms with Gasteiger partial charge in [0.1, 0.15) is 11.1 Å². The molecule has 0 fully saturated rings. The number of rotatable bonds is 6. The molecule has 29 heavy (non-hydrogen) atoms. The number of thiophene rings is 1. The molecule has 6 heteroatoms. The van der Waals surface area contributed by atoms with Gasteiger partial charge in [-0.3, -0.25) is 4.79 Å². The molecular weight excluding hydrogens is 382 g/mol. The van der Waals surface area contributed by atoms with Gasteiger partial charge in [0.2, 0.25) is 0 Å². The van der Waals surface area contributed by atoms with Crippen LogP contribution in [0.15, 0.2) is 53.1 Å². The van der Waals surface area contributed by atoms with E-state index in [1.807, 2.05) is 47.8 Å². The van der Waals surface area contributed by atoms with Crippen LogP contribution in [0.5, 0.6) is 0 Å². The molecule has 1 aliphatic rings. The number of anilines is 1. The monoisotopic (exact) mass is 406 g/mol. The minimum Gasteiger partial charge on any atom is -0.463 e. The van der Waals surface area contributed by atoms with E-state index in [0.29, 0.717) is 16.5 Å². The van der Waals surface area contributed by atoms with Gasteiger partial charge in [0, 0.05) is 10.4 Å². The van der Waals surface area contributed by atoms with Crippen molar-refractivity contribution in [1.29, 1.82) is 5.26 Å². The van der Waals surface area contributed by atoms with E-state index in [-0.39, 0.29) is 18.5 Å². The van der Waals surface area contributed by atoms with Crippen molar-refractivity contribution >= 4 is 22.2 Å². The third-order valence-electron chi connectivity index (χ3n) is 5.42. The molecule has 3 N–H and O–H groups in total. The fourth-order valence-electron chi connectivity index (χ4n) is 3.90. The molecule has 0 spiro atoms. The number of nitriles is 1. The van der Waals surface area contributed by atoms with E-state index in [2.05, 4.69) is 18.3 Å². The predicted molar refractivity (Wildman–Crippen MR) is 113 cm³/mol. The van der Waals surface area contributed by atoms with Gasteiger partial charge in [-0.2, -0.15) is 5.26 Å². The predicted octanol–water partition coefficient (Wildman–Crippen LogP) is 3.63. The number of benzene rings is 1. The topological polar surface area (TPSA) is 82.6 Å². The van der Waals surface area contributed by atoms with Crippen LogP contribution in [0.25, 0.3) is 0 Å². The second-order valence-corrected chi connectivity index (χ2v) is 8.66. The number of carbonyl (C=O) groups excluding carboxylic acids is 1. The normalized spacial score (nSPS) is 16.6. The van der Waals surface area contributed by atoms with Crippen molar-refractivity contribution in [3.63, 3.8) is 0 Å². The molecule has 2 aromatic heterocycles. The molecular formula is C23H24N3O2S+. The Kier molecular flexibility index (Phi) is 5.79. The van der Waals surface area contributed by atoms with Crippen LogP contribution in [0.2, 0.25) is 0 Å². The van der Waals surface area contributed by atoms with E-state index < -0.39 is 0 Å². The number of quaternary nitrogens is 1. The highest BCUT2D eigenvalue weighted by Gasteiger charge is 2.26. The van der Waals surface area contributed by atoms with Gasteiger partial charge in [0.05, 0.1) is 11.8 Å².